The van der Waals surface area contributed by atoms with Crippen LogP contribution in [0.15, 0.2) is 23.1 Å². The quantitative estimate of drug-likeness (QED) is 0.565. The van der Waals surface area contributed by atoms with Crippen LogP contribution in [0, 0.1) is 0 Å². The standard InChI is InChI=1S/C9H9NO7S/c11-7-2-1-5(3-6(7)9(14)15)18(16,17)10-4-8(12)13/h1-3,10-11H,4H2,(H,12,13)(H,14,15). The lowest BCUT2D eigenvalue weighted by atomic mass is 10.2. The fourth-order valence-electron chi connectivity index (χ4n) is 1.09. The molecule has 0 fully saturated rings. The molecular weight excluding hydrogens is 266 g/mol. The topological polar surface area (TPSA) is 141 Å². The number of phenols is 1. The van der Waals surface area contributed by atoms with Gasteiger partial charge < -0.3 is 15.3 Å². The lowest BCUT2D eigenvalue weighted by molar-refractivity contribution is -0.135. The Bertz CT molecular complexity index is 593. The molecule has 0 unspecified atom stereocenters. The van der Waals surface area contributed by atoms with Crippen LogP contribution in [0.4, 0.5) is 0 Å². The Balaban J connectivity index is 3.14. The van der Waals surface area contributed by atoms with Crippen molar-refractivity contribution in [2.45, 2.75) is 4.90 Å². The average Bonchev–Trinajstić information content (AvgIpc) is 2.26. The highest BCUT2D eigenvalue weighted by atomic mass is 32.2. The van der Waals surface area contributed by atoms with E-state index in [-0.39, 0.29) is 0 Å². The minimum Gasteiger partial charge on any atom is -0.507 e. The second kappa shape index (κ2) is 5.02. The molecule has 0 aromatic heterocycles. The summed E-state index contributed by atoms with van der Waals surface area (Å²) in [7, 11) is -4.13. The Morgan fingerprint density at radius 2 is 1.83 bits per heavy atom. The Labute approximate surface area is 102 Å². The zero-order chi connectivity index (χ0) is 13.9. The zero-order valence-electron chi connectivity index (χ0n) is 8.82. The maximum atomic E-state index is 11.6. The van der Waals surface area contributed by atoms with Crippen molar-refractivity contribution in [3.63, 3.8) is 0 Å². The second-order valence-corrected chi connectivity index (χ2v) is 4.97. The van der Waals surface area contributed by atoms with E-state index in [1.807, 2.05) is 0 Å². The molecular formula is C9H9NO7S. The lowest BCUT2D eigenvalue weighted by Crippen LogP contribution is -2.29. The van der Waals surface area contributed by atoms with E-state index in [0.717, 1.165) is 18.2 Å². The summed E-state index contributed by atoms with van der Waals surface area (Å²) >= 11 is 0. The predicted molar refractivity (Wildman–Crippen MR) is 57.9 cm³/mol. The molecule has 0 spiro atoms. The SMILES string of the molecule is O=C(O)CNS(=O)(=O)c1ccc(O)c(C(=O)O)c1. The average molecular weight is 275 g/mol. The molecule has 0 saturated heterocycles. The summed E-state index contributed by atoms with van der Waals surface area (Å²) in [4.78, 5) is 20.5. The number of rotatable bonds is 5. The number of carbonyl (C=O) groups is 2. The van der Waals surface area contributed by atoms with Crippen molar-refractivity contribution in [2.24, 2.45) is 0 Å². The first-order chi connectivity index (χ1) is 8.24. The van der Waals surface area contributed by atoms with Crippen LogP contribution in [0.1, 0.15) is 10.4 Å². The number of aliphatic carboxylic acids is 1. The van der Waals surface area contributed by atoms with E-state index >= 15 is 0 Å². The first kappa shape index (κ1) is 13.9. The van der Waals surface area contributed by atoms with Crippen LogP contribution >= 0.6 is 0 Å². The molecule has 0 bridgehead atoms. The van der Waals surface area contributed by atoms with Gasteiger partial charge in [0.25, 0.3) is 0 Å². The third-order valence-corrected chi connectivity index (χ3v) is 3.32. The number of aromatic carboxylic acids is 1. The molecule has 4 N–H and O–H groups in total. The van der Waals surface area contributed by atoms with Crippen LogP contribution in [0.25, 0.3) is 0 Å². The molecule has 0 amide bonds. The molecule has 1 aromatic carbocycles. The number of aromatic hydroxyl groups is 1. The van der Waals surface area contributed by atoms with Crippen LogP contribution in [0.3, 0.4) is 0 Å². The molecule has 0 radical (unpaired) electrons. The Morgan fingerprint density at radius 1 is 1.22 bits per heavy atom. The highest BCUT2D eigenvalue weighted by Gasteiger charge is 2.19. The molecule has 0 aliphatic heterocycles. The van der Waals surface area contributed by atoms with Crippen LogP contribution in [-0.2, 0) is 14.8 Å². The molecule has 8 nitrogen and oxygen atoms in total. The third kappa shape index (κ3) is 3.18. The first-order valence-electron chi connectivity index (χ1n) is 4.52. The second-order valence-electron chi connectivity index (χ2n) is 3.20. The first-order valence-corrected chi connectivity index (χ1v) is 6.00. The van der Waals surface area contributed by atoms with Gasteiger partial charge in [0.2, 0.25) is 10.0 Å². The molecule has 1 rings (SSSR count). The van der Waals surface area contributed by atoms with Gasteiger partial charge in [0.05, 0.1) is 4.90 Å². The number of benzene rings is 1. The van der Waals surface area contributed by atoms with Gasteiger partial charge in [0.1, 0.15) is 17.9 Å². The molecule has 0 aliphatic carbocycles. The molecule has 0 saturated carbocycles. The number of hydrogen-bond donors (Lipinski definition) is 4. The van der Waals surface area contributed by atoms with Crippen LogP contribution < -0.4 is 4.72 Å². The van der Waals surface area contributed by atoms with Gasteiger partial charge in [-0.15, -0.1) is 0 Å². The van der Waals surface area contributed by atoms with Crippen LogP contribution in [0.2, 0.25) is 0 Å². The van der Waals surface area contributed by atoms with Gasteiger partial charge in [0, 0.05) is 0 Å². The minimum atomic E-state index is -4.13. The van der Waals surface area contributed by atoms with Crippen molar-refractivity contribution in [1.29, 1.82) is 0 Å². The van der Waals surface area contributed by atoms with Gasteiger partial charge in [0.15, 0.2) is 0 Å². The van der Waals surface area contributed by atoms with Crippen molar-refractivity contribution in [1.82, 2.24) is 4.72 Å². The fraction of sp³-hybridized carbons (Fsp3) is 0.111. The Kier molecular flexibility index (Phi) is 3.89. The van der Waals surface area contributed by atoms with E-state index in [9.17, 15) is 23.1 Å². The monoisotopic (exact) mass is 275 g/mol. The Morgan fingerprint density at radius 3 is 2.33 bits per heavy atom. The summed E-state index contributed by atoms with van der Waals surface area (Å²) in [5.41, 5.74) is -0.590. The summed E-state index contributed by atoms with van der Waals surface area (Å²) < 4.78 is 24.9. The van der Waals surface area contributed by atoms with Crippen LogP contribution in [0.5, 0.6) is 5.75 Å². The normalized spacial score (nSPS) is 11.1. The molecule has 18 heavy (non-hydrogen) atoms. The molecule has 0 atom stereocenters. The molecule has 0 heterocycles. The highest BCUT2D eigenvalue weighted by molar-refractivity contribution is 7.89. The van der Waals surface area contributed by atoms with Gasteiger partial charge in [-0.25, -0.2) is 13.2 Å². The molecule has 9 heteroatoms. The number of carboxylic acid groups (broad SMARTS) is 2. The zero-order valence-corrected chi connectivity index (χ0v) is 9.64. The summed E-state index contributed by atoms with van der Waals surface area (Å²) in [5.74, 6) is -3.46. The Hall–Kier alpha value is -2.13. The van der Waals surface area contributed by atoms with Crippen molar-refractivity contribution in [2.75, 3.05) is 6.54 Å². The molecule has 98 valence electrons. The van der Waals surface area contributed by atoms with E-state index in [4.69, 9.17) is 10.2 Å². The predicted octanol–water partition coefficient (Wildman–Crippen LogP) is -0.547. The van der Waals surface area contributed by atoms with Crippen molar-refractivity contribution in [3.8, 4) is 5.75 Å². The van der Waals surface area contributed by atoms with E-state index in [2.05, 4.69) is 0 Å². The van der Waals surface area contributed by atoms with Gasteiger partial charge in [-0.3, -0.25) is 4.79 Å². The van der Waals surface area contributed by atoms with Crippen molar-refractivity contribution in [3.05, 3.63) is 23.8 Å². The maximum absolute atomic E-state index is 11.6. The number of hydrogen-bond acceptors (Lipinski definition) is 5. The summed E-state index contributed by atoms with van der Waals surface area (Å²) in [6, 6.07) is 2.60. The van der Waals surface area contributed by atoms with E-state index < -0.39 is 44.7 Å². The van der Waals surface area contributed by atoms with E-state index in [1.54, 1.807) is 4.72 Å². The molecule has 1 aromatic rings. The van der Waals surface area contributed by atoms with E-state index in [0.29, 0.717) is 0 Å². The van der Waals surface area contributed by atoms with E-state index in [1.165, 1.54) is 0 Å². The van der Waals surface area contributed by atoms with Crippen molar-refractivity contribution >= 4 is 22.0 Å². The van der Waals surface area contributed by atoms with Gasteiger partial charge in [-0.2, -0.15) is 4.72 Å². The van der Waals surface area contributed by atoms with Crippen LogP contribution in [-0.4, -0.2) is 42.2 Å². The summed E-state index contributed by atoms with van der Waals surface area (Å²) in [6.45, 7) is -0.828. The lowest BCUT2D eigenvalue weighted by Gasteiger charge is -2.06. The highest BCUT2D eigenvalue weighted by Crippen LogP contribution is 2.21. The number of sulfonamides is 1. The fourth-order valence-corrected chi connectivity index (χ4v) is 2.09. The minimum absolute atomic E-state index is 0.445. The van der Waals surface area contributed by atoms with Crippen molar-refractivity contribution < 1.29 is 33.3 Å². The van der Waals surface area contributed by atoms with Gasteiger partial charge >= 0.3 is 11.9 Å². The largest absolute Gasteiger partial charge is 0.507 e. The smallest absolute Gasteiger partial charge is 0.339 e. The maximum Gasteiger partial charge on any atom is 0.339 e. The number of carboxylic acids is 2. The molecule has 0 aliphatic rings. The van der Waals surface area contributed by atoms with Gasteiger partial charge in [-0.05, 0) is 18.2 Å². The third-order valence-electron chi connectivity index (χ3n) is 1.92. The summed E-state index contributed by atoms with van der Waals surface area (Å²) in [6.07, 6.45) is 0. The summed E-state index contributed by atoms with van der Waals surface area (Å²) in [5, 5.41) is 26.3. The van der Waals surface area contributed by atoms with Gasteiger partial charge in [-0.1, -0.05) is 0 Å². The number of nitrogens with one attached hydrogen (secondary N) is 1.